The largest absolute Gasteiger partial charge is 0.478 e. The Bertz CT molecular complexity index is 701. The van der Waals surface area contributed by atoms with Crippen LogP contribution in [0.25, 0.3) is 0 Å². The van der Waals surface area contributed by atoms with Crippen LogP contribution in [0.3, 0.4) is 0 Å². The zero-order valence-electron chi connectivity index (χ0n) is 9.52. The van der Waals surface area contributed by atoms with Crippen molar-refractivity contribution >= 4 is 21.8 Å². The average molecular weight is 279 g/mol. The minimum absolute atomic E-state index is 0.0722. The molecule has 0 aliphatic heterocycles. The number of sulfonamides is 1. The molecule has 0 fully saturated rings. The van der Waals surface area contributed by atoms with Crippen LogP contribution in [0.1, 0.15) is 10.4 Å². The predicted octanol–water partition coefficient (Wildman–Crippen LogP) is 0.976. The van der Waals surface area contributed by atoms with Gasteiger partial charge in [-0.3, -0.25) is 9.71 Å². The van der Waals surface area contributed by atoms with Crippen LogP contribution < -0.4 is 4.72 Å². The molecular weight excluding hydrogens is 270 g/mol. The summed E-state index contributed by atoms with van der Waals surface area (Å²) in [4.78, 5) is 18.3. The zero-order valence-corrected chi connectivity index (χ0v) is 10.3. The summed E-state index contributed by atoms with van der Waals surface area (Å²) in [6.45, 7) is 0. The van der Waals surface area contributed by atoms with E-state index in [0.717, 1.165) is 6.20 Å². The van der Waals surface area contributed by atoms with Crippen molar-refractivity contribution in [2.24, 2.45) is 0 Å². The van der Waals surface area contributed by atoms with Gasteiger partial charge in [-0.1, -0.05) is 0 Å². The highest BCUT2D eigenvalue weighted by atomic mass is 32.2. The van der Waals surface area contributed by atoms with E-state index >= 15 is 0 Å². The molecule has 0 saturated heterocycles. The van der Waals surface area contributed by atoms with Crippen LogP contribution in [-0.2, 0) is 10.0 Å². The molecule has 0 spiro atoms. The first-order chi connectivity index (χ1) is 9.00. The van der Waals surface area contributed by atoms with Gasteiger partial charge < -0.3 is 5.11 Å². The fraction of sp³-hybridized carbons (Fsp3) is 0. The summed E-state index contributed by atoms with van der Waals surface area (Å²) < 4.78 is 26.1. The smallest absolute Gasteiger partial charge is 0.339 e. The number of carboxylic acid groups (broad SMARTS) is 1. The van der Waals surface area contributed by atoms with Gasteiger partial charge in [-0.05, 0) is 24.3 Å². The van der Waals surface area contributed by atoms with Gasteiger partial charge in [0.2, 0.25) is 0 Å². The number of nitrogens with one attached hydrogen (secondary N) is 1. The van der Waals surface area contributed by atoms with Crippen molar-refractivity contribution in [2.45, 2.75) is 4.90 Å². The molecule has 0 radical (unpaired) electrons. The van der Waals surface area contributed by atoms with Crippen molar-refractivity contribution in [3.63, 3.8) is 0 Å². The Morgan fingerprint density at radius 3 is 2.58 bits per heavy atom. The van der Waals surface area contributed by atoms with E-state index in [1.54, 1.807) is 0 Å². The first kappa shape index (κ1) is 13.0. The Hall–Kier alpha value is -2.48. The second kappa shape index (κ2) is 5.02. The third kappa shape index (κ3) is 2.86. The lowest BCUT2D eigenvalue weighted by atomic mass is 10.3. The second-order valence-corrected chi connectivity index (χ2v) is 5.18. The van der Waals surface area contributed by atoms with Crippen molar-refractivity contribution in [1.29, 1.82) is 0 Å². The van der Waals surface area contributed by atoms with Gasteiger partial charge in [0, 0.05) is 18.6 Å². The summed E-state index contributed by atoms with van der Waals surface area (Å²) in [5.41, 5.74) is -0.227. The first-order valence-electron chi connectivity index (χ1n) is 5.12. The van der Waals surface area contributed by atoms with Gasteiger partial charge >= 0.3 is 5.97 Å². The van der Waals surface area contributed by atoms with Gasteiger partial charge in [-0.15, -0.1) is 0 Å². The van der Waals surface area contributed by atoms with Crippen molar-refractivity contribution in [3.8, 4) is 0 Å². The lowest BCUT2D eigenvalue weighted by Gasteiger charge is -2.08. The third-order valence-corrected chi connectivity index (χ3v) is 3.54. The summed E-state index contributed by atoms with van der Waals surface area (Å²) in [6, 6.07) is 5.48. The standard InChI is InChI=1S/C11H9N3O4S/c15-11(16)9-4-2-6-13-10(9)14-19(17,18)8-3-1-5-12-7-8/h1-7H,(H,13,14)(H,15,16). The maximum Gasteiger partial charge on any atom is 0.339 e. The van der Waals surface area contributed by atoms with E-state index in [4.69, 9.17) is 5.11 Å². The summed E-state index contributed by atoms with van der Waals surface area (Å²) >= 11 is 0. The molecular formula is C11H9N3O4S. The fourth-order valence-electron chi connectivity index (χ4n) is 1.35. The Balaban J connectivity index is 2.39. The highest BCUT2D eigenvalue weighted by molar-refractivity contribution is 7.92. The third-order valence-electron chi connectivity index (χ3n) is 2.21. The molecule has 0 unspecified atom stereocenters. The Morgan fingerprint density at radius 1 is 1.21 bits per heavy atom. The molecule has 8 heteroatoms. The molecule has 0 saturated carbocycles. The number of hydrogen-bond donors (Lipinski definition) is 2. The van der Waals surface area contributed by atoms with E-state index in [-0.39, 0.29) is 16.3 Å². The molecule has 0 aliphatic rings. The van der Waals surface area contributed by atoms with Crippen molar-refractivity contribution in [1.82, 2.24) is 9.97 Å². The van der Waals surface area contributed by atoms with Gasteiger partial charge in [0.25, 0.3) is 10.0 Å². The Kier molecular flexibility index (Phi) is 3.43. The summed E-state index contributed by atoms with van der Waals surface area (Å²) in [5.74, 6) is -1.50. The van der Waals surface area contributed by atoms with Crippen molar-refractivity contribution < 1.29 is 18.3 Å². The molecule has 0 atom stereocenters. The van der Waals surface area contributed by atoms with E-state index in [2.05, 4.69) is 14.7 Å². The number of carbonyl (C=O) groups is 1. The van der Waals surface area contributed by atoms with Gasteiger partial charge in [0.1, 0.15) is 10.5 Å². The van der Waals surface area contributed by atoms with E-state index < -0.39 is 16.0 Å². The SMILES string of the molecule is O=C(O)c1cccnc1NS(=O)(=O)c1cccnc1. The molecule has 2 rings (SSSR count). The maximum absolute atomic E-state index is 12.0. The van der Waals surface area contributed by atoms with Crippen LogP contribution in [0.4, 0.5) is 5.82 Å². The molecule has 0 aliphatic carbocycles. The highest BCUT2D eigenvalue weighted by Gasteiger charge is 2.19. The van der Waals surface area contributed by atoms with Crippen LogP contribution in [0.15, 0.2) is 47.8 Å². The Morgan fingerprint density at radius 2 is 1.95 bits per heavy atom. The Labute approximate surface area is 109 Å². The topological polar surface area (TPSA) is 109 Å². The van der Waals surface area contributed by atoms with Gasteiger partial charge in [-0.2, -0.15) is 0 Å². The van der Waals surface area contributed by atoms with Crippen LogP contribution in [0.5, 0.6) is 0 Å². The maximum atomic E-state index is 12.0. The zero-order chi connectivity index (χ0) is 13.9. The number of carboxylic acids is 1. The quantitative estimate of drug-likeness (QED) is 0.863. The van der Waals surface area contributed by atoms with Gasteiger partial charge in [0.15, 0.2) is 5.82 Å². The summed E-state index contributed by atoms with van der Waals surface area (Å²) in [5, 5.41) is 8.95. The minimum Gasteiger partial charge on any atom is -0.478 e. The minimum atomic E-state index is -3.91. The number of aromatic nitrogens is 2. The normalized spacial score (nSPS) is 10.9. The molecule has 7 nitrogen and oxygen atoms in total. The van der Waals surface area contributed by atoms with E-state index in [0.29, 0.717) is 0 Å². The molecule has 2 heterocycles. The van der Waals surface area contributed by atoms with Gasteiger partial charge in [0.05, 0.1) is 0 Å². The van der Waals surface area contributed by atoms with E-state index in [1.807, 2.05) is 0 Å². The molecule has 0 aromatic carbocycles. The summed E-state index contributed by atoms with van der Waals surface area (Å²) in [7, 11) is -3.91. The average Bonchev–Trinajstić information content (AvgIpc) is 2.39. The first-order valence-corrected chi connectivity index (χ1v) is 6.60. The predicted molar refractivity (Wildman–Crippen MR) is 66.2 cm³/mol. The number of hydrogen-bond acceptors (Lipinski definition) is 5. The molecule has 98 valence electrons. The number of rotatable bonds is 4. The molecule has 0 amide bonds. The van der Waals surface area contributed by atoms with Crippen LogP contribution >= 0.6 is 0 Å². The van der Waals surface area contributed by atoms with Gasteiger partial charge in [-0.25, -0.2) is 18.2 Å². The van der Waals surface area contributed by atoms with E-state index in [9.17, 15) is 13.2 Å². The molecule has 19 heavy (non-hydrogen) atoms. The highest BCUT2D eigenvalue weighted by Crippen LogP contribution is 2.16. The molecule has 0 bridgehead atoms. The second-order valence-electron chi connectivity index (χ2n) is 3.50. The molecule has 2 aromatic rings. The van der Waals surface area contributed by atoms with Crippen LogP contribution in [0, 0.1) is 0 Å². The monoisotopic (exact) mass is 279 g/mol. The fourth-order valence-corrected chi connectivity index (χ4v) is 2.34. The molecule has 2 N–H and O–H groups in total. The van der Waals surface area contributed by atoms with E-state index in [1.165, 1.54) is 36.7 Å². The lowest BCUT2D eigenvalue weighted by Crippen LogP contribution is -2.16. The number of pyridine rings is 2. The number of aromatic carboxylic acids is 1. The molecule has 2 aromatic heterocycles. The van der Waals surface area contributed by atoms with Crippen molar-refractivity contribution in [2.75, 3.05) is 4.72 Å². The van der Waals surface area contributed by atoms with Crippen molar-refractivity contribution in [3.05, 3.63) is 48.4 Å². The number of nitrogens with zero attached hydrogens (tertiary/aromatic N) is 2. The number of anilines is 1. The lowest BCUT2D eigenvalue weighted by molar-refractivity contribution is 0.0697. The van der Waals surface area contributed by atoms with Crippen LogP contribution in [0.2, 0.25) is 0 Å². The summed E-state index contributed by atoms with van der Waals surface area (Å²) in [6.07, 6.45) is 3.89. The van der Waals surface area contributed by atoms with Crippen LogP contribution in [-0.4, -0.2) is 29.5 Å².